The maximum absolute atomic E-state index is 11.2. The van der Waals surface area contributed by atoms with Crippen molar-refractivity contribution in [1.29, 1.82) is 0 Å². The fourth-order valence-electron chi connectivity index (χ4n) is 3.46. The molecule has 0 aliphatic carbocycles. The Kier molecular flexibility index (Phi) is 5.43. The van der Waals surface area contributed by atoms with Crippen LogP contribution in [0.4, 0.5) is 11.4 Å². The van der Waals surface area contributed by atoms with E-state index in [4.69, 9.17) is 15.2 Å². The molecule has 1 saturated heterocycles. The Bertz CT molecular complexity index is 690. The van der Waals surface area contributed by atoms with Crippen LogP contribution in [0.1, 0.15) is 36.5 Å². The quantitative estimate of drug-likeness (QED) is 0.667. The van der Waals surface area contributed by atoms with Gasteiger partial charge in [-0.1, -0.05) is 19.1 Å². The number of nitrogens with two attached hydrogens (primary N) is 1. The molecule has 2 N–H and O–H groups in total. The average Bonchev–Trinajstić information content (AvgIpc) is 2.84. The minimum absolute atomic E-state index is 0.444. The van der Waals surface area contributed by atoms with Crippen LogP contribution in [0.5, 0.6) is 5.75 Å². The summed E-state index contributed by atoms with van der Waals surface area (Å²) in [6.07, 6.45) is 10.4. The summed E-state index contributed by atoms with van der Waals surface area (Å²) in [4.78, 5) is 13.4. The van der Waals surface area contributed by atoms with Gasteiger partial charge >= 0.3 is 0 Å². The SMILES string of the molecule is COc1cc(N2C=C[C@H](C)CC=C2C2CCOCC2)c(N)cc1C=O. The number of ether oxygens (including phenoxy) is 2. The van der Waals surface area contributed by atoms with Gasteiger partial charge < -0.3 is 20.1 Å². The van der Waals surface area contributed by atoms with Gasteiger partial charge in [0.15, 0.2) is 6.29 Å². The molecule has 5 nitrogen and oxygen atoms in total. The van der Waals surface area contributed by atoms with Crippen LogP contribution < -0.4 is 15.4 Å². The van der Waals surface area contributed by atoms with Gasteiger partial charge in [0.2, 0.25) is 0 Å². The van der Waals surface area contributed by atoms with Crippen molar-refractivity contribution in [3.63, 3.8) is 0 Å². The van der Waals surface area contributed by atoms with Crippen LogP contribution >= 0.6 is 0 Å². The number of hydrogen-bond acceptors (Lipinski definition) is 5. The predicted molar refractivity (Wildman–Crippen MR) is 99.8 cm³/mol. The largest absolute Gasteiger partial charge is 0.496 e. The Morgan fingerprint density at radius 2 is 2.08 bits per heavy atom. The second kappa shape index (κ2) is 7.74. The van der Waals surface area contributed by atoms with Crippen LogP contribution in [0.15, 0.2) is 36.2 Å². The van der Waals surface area contributed by atoms with Gasteiger partial charge in [-0.15, -0.1) is 0 Å². The second-order valence-corrected chi connectivity index (χ2v) is 6.71. The van der Waals surface area contributed by atoms with E-state index in [0.717, 1.165) is 44.4 Å². The molecule has 2 aliphatic rings. The molecule has 0 aromatic heterocycles. The monoisotopic (exact) mass is 342 g/mol. The Labute approximate surface area is 149 Å². The zero-order chi connectivity index (χ0) is 17.8. The van der Waals surface area contributed by atoms with Crippen LogP contribution in [-0.2, 0) is 4.74 Å². The molecular formula is C20H26N2O3. The van der Waals surface area contributed by atoms with E-state index in [2.05, 4.69) is 30.2 Å². The van der Waals surface area contributed by atoms with Crippen LogP contribution in [-0.4, -0.2) is 26.6 Å². The summed E-state index contributed by atoms with van der Waals surface area (Å²) in [6, 6.07) is 3.54. The molecule has 0 radical (unpaired) electrons. The minimum atomic E-state index is 0.444. The van der Waals surface area contributed by atoms with Crippen LogP contribution in [0.3, 0.4) is 0 Å². The smallest absolute Gasteiger partial charge is 0.153 e. The van der Waals surface area contributed by atoms with Gasteiger partial charge in [0, 0.05) is 37.1 Å². The van der Waals surface area contributed by atoms with Crippen molar-refractivity contribution in [3.8, 4) is 5.75 Å². The number of carbonyl (C=O) groups excluding carboxylic acids is 1. The molecule has 134 valence electrons. The van der Waals surface area contributed by atoms with Crippen LogP contribution in [0.25, 0.3) is 0 Å². The second-order valence-electron chi connectivity index (χ2n) is 6.71. The number of aldehydes is 1. The maximum atomic E-state index is 11.2. The van der Waals surface area contributed by atoms with Crippen molar-refractivity contribution in [1.82, 2.24) is 0 Å². The predicted octanol–water partition coefficient (Wildman–Crippen LogP) is 3.76. The van der Waals surface area contributed by atoms with Gasteiger partial charge in [-0.05, 0) is 31.2 Å². The molecule has 1 aromatic carbocycles. The molecule has 2 aliphatic heterocycles. The molecule has 1 atom stereocenters. The molecule has 5 heteroatoms. The van der Waals surface area contributed by atoms with Crippen molar-refractivity contribution >= 4 is 17.7 Å². The zero-order valence-corrected chi connectivity index (χ0v) is 14.9. The summed E-state index contributed by atoms with van der Waals surface area (Å²) in [5, 5.41) is 0. The van der Waals surface area contributed by atoms with Gasteiger partial charge in [-0.2, -0.15) is 0 Å². The summed E-state index contributed by atoms with van der Waals surface area (Å²) in [5.41, 5.74) is 9.43. The van der Waals surface area contributed by atoms with Crippen molar-refractivity contribution in [2.75, 3.05) is 31.0 Å². The maximum Gasteiger partial charge on any atom is 0.153 e. The van der Waals surface area contributed by atoms with E-state index < -0.39 is 0 Å². The third kappa shape index (κ3) is 3.71. The fraction of sp³-hybridized carbons (Fsp3) is 0.450. The van der Waals surface area contributed by atoms with E-state index >= 15 is 0 Å². The van der Waals surface area contributed by atoms with Gasteiger partial charge in [0.1, 0.15) is 5.75 Å². The summed E-state index contributed by atoms with van der Waals surface area (Å²) < 4.78 is 10.9. The lowest BCUT2D eigenvalue weighted by Gasteiger charge is -2.33. The van der Waals surface area contributed by atoms with Crippen molar-refractivity contribution in [2.24, 2.45) is 11.8 Å². The van der Waals surface area contributed by atoms with Crippen LogP contribution in [0.2, 0.25) is 0 Å². The molecule has 0 unspecified atom stereocenters. The summed E-state index contributed by atoms with van der Waals surface area (Å²) in [7, 11) is 1.57. The standard InChI is InChI=1S/C20H26N2O3/c1-14-3-4-18(15-6-9-25-10-7-15)22(8-5-14)19-12-20(24-2)16(13-23)11-17(19)21/h4-5,8,11-15H,3,6-7,9-10,21H2,1-2H3/t14-/m1/s1. The number of benzene rings is 1. The number of hydrogen-bond donors (Lipinski definition) is 1. The lowest BCUT2D eigenvalue weighted by Crippen LogP contribution is -2.27. The van der Waals surface area contributed by atoms with E-state index in [1.165, 1.54) is 5.70 Å². The first kappa shape index (κ1) is 17.5. The lowest BCUT2D eigenvalue weighted by atomic mass is 9.93. The number of nitrogen functional groups attached to an aromatic ring is 1. The first-order valence-corrected chi connectivity index (χ1v) is 8.82. The number of methoxy groups -OCH3 is 1. The van der Waals surface area contributed by atoms with Gasteiger partial charge in [0.25, 0.3) is 0 Å². The summed E-state index contributed by atoms with van der Waals surface area (Å²) in [6.45, 7) is 3.79. The minimum Gasteiger partial charge on any atom is -0.496 e. The highest BCUT2D eigenvalue weighted by Gasteiger charge is 2.26. The van der Waals surface area contributed by atoms with Gasteiger partial charge in [-0.25, -0.2) is 0 Å². The third-order valence-electron chi connectivity index (χ3n) is 4.95. The number of allylic oxidation sites excluding steroid dienone is 3. The molecule has 0 saturated carbocycles. The Morgan fingerprint density at radius 1 is 1.32 bits per heavy atom. The Hall–Kier alpha value is -2.27. The summed E-state index contributed by atoms with van der Waals surface area (Å²) >= 11 is 0. The number of carbonyl (C=O) groups is 1. The van der Waals surface area contributed by atoms with Crippen molar-refractivity contribution < 1.29 is 14.3 Å². The number of rotatable bonds is 4. The average molecular weight is 342 g/mol. The topological polar surface area (TPSA) is 64.8 Å². The highest BCUT2D eigenvalue weighted by atomic mass is 16.5. The van der Waals surface area contributed by atoms with Crippen molar-refractivity contribution in [2.45, 2.75) is 26.2 Å². The van der Waals surface area contributed by atoms with Crippen molar-refractivity contribution in [3.05, 3.63) is 41.7 Å². The van der Waals surface area contributed by atoms with E-state index in [-0.39, 0.29) is 0 Å². The zero-order valence-electron chi connectivity index (χ0n) is 14.9. The van der Waals surface area contributed by atoms with E-state index in [0.29, 0.717) is 28.8 Å². The highest BCUT2D eigenvalue weighted by Crippen LogP contribution is 2.38. The Morgan fingerprint density at radius 3 is 2.76 bits per heavy atom. The lowest BCUT2D eigenvalue weighted by molar-refractivity contribution is 0.0753. The van der Waals surface area contributed by atoms with E-state index in [1.807, 2.05) is 6.07 Å². The van der Waals surface area contributed by atoms with E-state index in [1.54, 1.807) is 13.2 Å². The molecule has 0 spiro atoms. The summed E-state index contributed by atoms with van der Waals surface area (Å²) in [5.74, 6) is 1.45. The first-order valence-electron chi connectivity index (χ1n) is 8.82. The normalized spacial score (nSPS) is 21.6. The molecule has 25 heavy (non-hydrogen) atoms. The Balaban J connectivity index is 2.04. The third-order valence-corrected chi connectivity index (χ3v) is 4.95. The molecule has 1 fully saturated rings. The highest BCUT2D eigenvalue weighted by molar-refractivity contribution is 5.86. The van der Waals surface area contributed by atoms with E-state index in [9.17, 15) is 4.79 Å². The molecule has 2 heterocycles. The molecule has 0 bridgehead atoms. The molecule has 1 aromatic rings. The fourth-order valence-corrected chi connectivity index (χ4v) is 3.46. The van der Waals surface area contributed by atoms with Crippen LogP contribution in [0, 0.1) is 11.8 Å². The number of anilines is 2. The van der Waals surface area contributed by atoms with Gasteiger partial charge in [-0.3, -0.25) is 4.79 Å². The molecule has 3 rings (SSSR count). The molecular weight excluding hydrogens is 316 g/mol. The molecule has 0 amide bonds. The number of nitrogens with zero attached hydrogens (tertiary/aromatic N) is 1. The first-order chi connectivity index (χ1) is 12.1. The van der Waals surface area contributed by atoms with Gasteiger partial charge in [0.05, 0.1) is 24.0 Å².